The third-order valence-corrected chi connectivity index (χ3v) is 4.46. The van der Waals surface area contributed by atoms with Gasteiger partial charge in [-0.2, -0.15) is 0 Å². The molecular weight excluding hydrogens is 310 g/mol. The molecule has 16 heavy (non-hydrogen) atoms. The molecule has 84 valence electrons. The molecule has 0 atom stereocenters. The van der Waals surface area contributed by atoms with Crippen LogP contribution in [-0.2, 0) is 4.74 Å². The standard InChI is InChI=1S/C10H8BrNO2S2/c1-2-14-10(13)8-9(15-5-12-8)6-3-4-7(11)16-6/h3-5H,2H2,1H3. The summed E-state index contributed by atoms with van der Waals surface area (Å²) in [7, 11) is 0. The van der Waals surface area contributed by atoms with Gasteiger partial charge in [-0.1, -0.05) is 0 Å². The van der Waals surface area contributed by atoms with Gasteiger partial charge in [-0.05, 0) is 35.0 Å². The number of carbonyl (C=O) groups excluding carboxylic acids is 1. The summed E-state index contributed by atoms with van der Waals surface area (Å²) in [5, 5.41) is 0. The van der Waals surface area contributed by atoms with Gasteiger partial charge in [0, 0.05) is 4.88 Å². The summed E-state index contributed by atoms with van der Waals surface area (Å²) in [6, 6.07) is 3.92. The number of hydrogen-bond acceptors (Lipinski definition) is 5. The SMILES string of the molecule is CCOC(=O)c1ncsc1-c1ccc(Br)s1. The van der Waals surface area contributed by atoms with E-state index in [1.165, 1.54) is 11.3 Å². The molecule has 2 aromatic rings. The molecule has 2 aromatic heterocycles. The summed E-state index contributed by atoms with van der Waals surface area (Å²) < 4.78 is 5.99. The van der Waals surface area contributed by atoms with Crippen LogP contribution in [0.3, 0.4) is 0 Å². The van der Waals surface area contributed by atoms with Crippen LogP contribution in [0.15, 0.2) is 21.4 Å². The normalized spacial score (nSPS) is 10.4. The molecule has 0 aliphatic carbocycles. The highest BCUT2D eigenvalue weighted by atomic mass is 79.9. The number of aromatic nitrogens is 1. The topological polar surface area (TPSA) is 39.2 Å². The van der Waals surface area contributed by atoms with E-state index in [1.807, 2.05) is 12.1 Å². The Hall–Kier alpha value is -0.720. The number of esters is 1. The van der Waals surface area contributed by atoms with Crippen LogP contribution in [0.4, 0.5) is 0 Å². The zero-order valence-electron chi connectivity index (χ0n) is 8.40. The van der Waals surface area contributed by atoms with Crippen molar-refractivity contribution in [2.75, 3.05) is 6.61 Å². The highest BCUT2D eigenvalue weighted by Crippen LogP contribution is 2.35. The average Bonchev–Trinajstić information content (AvgIpc) is 2.85. The molecule has 0 aromatic carbocycles. The van der Waals surface area contributed by atoms with Gasteiger partial charge in [0.2, 0.25) is 0 Å². The first kappa shape index (κ1) is 11.8. The van der Waals surface area contributed by atoms with E-state index in [1.54, 1.807) is 23.8 Å². The minimum Gasteiger partial charge on any atom is -0.461 e. The third kappa shape index (κ3) is 2.34. The number of rotatable bonds is 3. The largest absolute Gasteiger partial charge is 0.461 e. The Morgan fingerprint density at radius 2 is 2.38 bits per heavy atom. The highest BCUT2D eigenvalue weighted by molar-refractivity contribution is 9.11. The minimum absolute atomic E-state index is 0.358. The molecule has 2 rings (SSSR count). The molecule has 0 saturated carbocycles. The van der Waals surface area contributed by atoms with E-state index in [9.17, 15) is 4.79 Å². The molecule has 0 bridgehead atoms. The summed E-state index contributed by atoms with van der Waals surface area (Å²) in [5.74, 6) is -0.358. The summed E-state index contributed by atoms with van der Waals surface area (Å²) >= 11 is 6.42. The van der Waals surface area contributed by atoms with Crippen LogP contribution in [0, 0.1) is 0 Å². The summed E-state index contributed by atoms with van der Waals surface area (Å²) in [5.41, 5.74) is 2.07. The van der Waals surface area contributed by atoms with Crippen molar-refractivity contribution in [2.24, 2.45) is 0 Å². The van der Waals surface area contributed by atoms with Gasteiger partial charge in [0.05, 0.1) is 20.8 Å². The van der Waals surface area contributed by atoms with Gasteiger partial charge in [0.1, 0.15) is 0 Å². The minimum atomic E-state index is -0.358. The molecule has 6 heteroatoms. The number of carbonyl (C=O) groups is 1. The zero-order chi connectivity index (χ0) is 11.5. The lowest BCUT2D eigenvalue weighted by atomic mass is 10.3. The number of halogens is 1. The van der Waals surface area contributed by atoms with Crippen molar-refractivity contribution in [1.82, 2.24) is 4.98 Å². The first-order valence-electron chi connectivity index (χ1n) is 4.58. The van der Waals surface area contributed by atoms with Crippen molar-refractivity contribution >= 4 is 44.6 Å². The molecule has 0 amide bonds. The monoisotopic (exact) mass is 317 g/mol. The molecule has 0 aliphatic heterocycles. The maximum Gasteiger partial charge on any atom is 0.358 e. The van der Waals surface area contributed by atoms with Crippen LogP contribution < -0.4 is 0 Å². The van der Waals surface area contributed by atoms with Crippen LogP contribution in [0.25, 0.3) is 9.75 Å². The Labute approximate surface area is 109 Å². The third-order valence-electron chi connectivity index (χ3n) is 1.83. The predicted octanol–water partition coefficient (Wildman–Crippen LogP) is 3.81. The van der Waals surface area contributed by atoms with Crippen LogP contribution in [-0.4, -0.2) is 17.6 Å². The smallest absolute Gasteiger partial charge is 0.358 e. The van der Waals surface area contributed by atoms with Gasteiger partial charge in [0.15, 0.2) is 5.69 Å². The molecule has 0 radical (unpaired) electrons. The second-order valence-electron chi connectivity index (χ2n) is 2.85. The Balaban J connectivity index is 2.36. The number of nitrogens with zero attached hydrogens (tertiary/aromatic N) is 1. The molecule has 0 aliphatic rings. The van der Waals surface area contributed by atoms with Crippen LogP contribution in [0.1, 0.15) is 17.4 Å². The van der Waals surface area contributed by atoms with Crippen molar-refractivity contribution < 1.29 is 9.53 Å². The van der Waals surface area contributed by atoms with E-state index < -0.39 is 0 Å². The summed E-state index contributed by atoms with van der Waals surface area (Å²) in [4.78, 5) is 17.6. The van der Waals surface area contributed by atoms with E-state index in [0.29, 0.717) is 12.3 Å². The van der Waals surface area contributed by atoms with Crippen molar-refractivity contribution in [3.05, 3.63) is 27.1 Å². The molecule has 2 heterocycles. The highest BCUT2D eigenvalue weighted by Gasteiger charge is 2.18. The molecule has 0 saturated heterocycles. The summed E-state index contributed by atoms with van der Waals surface area (Å²) in [6.45, 7) is 2.15. The number of hydrogen-bond donors (Lipinski definition) is 0. The summed E-state index contributed by atoms with van der Waals surface area (Å²) in [6.07, 6.45) is 0. The number of thiophene rings is 1. The van der Waals surface area contributed by atoms with Crippen LogP contribution in [0.2, 0.25) is 0 Å². The Morgan fingerprint density at radius 3 is 3.00 bits per heavy atom. The quantitative estimate of drug-likeness (QED) is 0.808. The van der Waals surface area contributed by atoms with Gasteiger partial charge in [0.25, 0.3) is 0 Å². The maximum atomic E-state index is 11.6. The van der Waals surface area contributed by atoms with Crippen LogP contribution >= 0.6 is 38.6 Å². The van der Waals surface area contributed by atoms with Crippen LogP contribution in [0.5, 0.6) is 0 Å². The number of thiazole rings is 1. The molecule has 0 fully saturated rings. The van der Waals surface area contributed by atoms with Crippen molar-refractivity contribution in [2.45, 2.75) is 6.92 Å². The van der Waals surface area contributed by atoms with Gasteiger partial charge in [-0.15, -0.1) is 22.7 Å². The fourth-order valence-electron chi connectivity index (χ4n) is 1.20. The van der Waals surface area contributed by atoms with E-state index in [4.69, 9.17) is 4.74 Å². The average molecular weight is 318 g/mol. The number of ether oxygens (including phenoxy) is 1. The van der Waals surface area contributed by atoms with E-state index >= 15 is 0 Å². The second kappa shape index (κ2) is 5.07. The lowest BCUT2D eigenvalue weighted by Crippen LogP contribution is -2.05. The molecular formula is C10H8BrNO2S2. The lowest BCUT2D eigenvalue weighted by molar-refractivity contribution is 0.0521. The van der Waals surface area contributed by atoms with E-state index in [-0.39, 0.29) is 5.97 Å². The van der Waals surface area contributed by atoms with E-state index in [0.717, 1.165) is 13.5 Å². The molecule has 0 spiro atoms. The fraction of sp³-hybridized carbons (Fsp3) is 0.200. The molecule has 3 nitrogen and oxygen atoms in total. The van der Waals surface area contributed by atoms with Gasteiger partial charge in [-0.25, -0.2) is 9.78 Å². The van der Waals surface area contributed by atoms with Crippen molar-refractivity contribution in [3.8, 4) is 9.75 Å². The van der Waals surface area contributed by atoms with E-state index in [2.05, 4.69) is 20.9 Å². The first-order valence-corrected chi connectivity index (χ1v) is 7.07. The zero-order valence-corrected chi connectivity index (χ0v) is 11.6. The molecule has 0 N–H and O–H groups in total. The van der Waals surface area contributed by atoms with Crippen molar-refractivity contribution in [1.29, 1.82) is 0 Å². The second-order valence-corrected chi connectivity index (χ2v) is 6.17. The van der Waals surface area contributed by atoms with Gasteiger partial charge >= 0.3 is 5.97 Å². The Bertz CT molecular complexity index is 506. The van der Waals surface area contributed by atoms with Gasteiger partial charge < -0.3 is 4.74 Å². The Kier molecular flexibility index (Phi) is 3.73. The van der Waals surface area contributed by atoms with Gasteiger partial charge in [-0.3, -0.25) is 0 Å². The first-order chi connectivity index (χ1) is 7.72. The van der Waals surface area contributed by atoms with Crippen molar-refractivity contribution in [3.63, 3.8) is 0 Å². The Morgan fingerprint density at radius 1 is 1.56 bits per heavy atom. The predicted molar refractivity (Wildman–Crippen MR) is 69.1 cm³/mol. The fourth-order valence-corrected chi connectivity index (χ4v) is 3.49. The lowest BCUT2D eigenvalue weighted by Gasteiger charge is -1.99. The maximum absolute atomic E-state index is 11.6. The molecule has 0 unspecified atom stereocenters.